The number of anilines is 1. The van der Waals surface area contributed by atoms with Gasteiger partial charge in [0.25, 0.3) is 0 Å². The average Bonchev–Trinajstić information content (AvgIpc) is 2.62. The zero-order valence-electron chi connectivity index (χ0n) is 14.8. The van der Waals surface area contributed by atoms with Gasteiger partial charge in [0.1, 0.15) is 11.9 Å². The number of pyridine rings is 1. The van der Waals surface area contributed by atoms with Crippen LogP contribution in [0.3, 0.4) is 0 Å². The third kappa shape index (κ3) is 7.23. The van der Waals surface area contributed by atoms with Crippen LogP contribution in [0, 0.1) is 24.2 Å². The summed E-state index contributed by atoms with van der Waals surface area (Å²) >= 11 is 6.20. The van der Waals surface area contributed by atoms with Gasteiger partial charge in [-0.2, -0.15) is 18.4 Å². The van der Waals surface area contributed by atoms with Crippen LogP contribution in [0.4, 0.5) is 19.0 Å². The van der Waals surface area contributed by atoms with E-state index in [9.17, 15) is 13.2 Å². The Kier molecular flexibility index (Phi) is 8.79. The molecular formula is C17H22ClF3N4O2. The number of nitrogens with two attached hydrogens (primary N) is 1. The molecule has 1 saturated carbocycles. The summed E-state index contributed by atoms with van der Waals surface area (Å²) in [4.78, 5) is 13.3. The molecule has 1 atom stereocenters. The lowest BCUT2D eigenvalue weighted by molar-refractivity contribution is -0.192. The summed E-state index contributed by atoms with van der Waals surface area (Å²) in [6.45, 7) is 2.39. The van der Waals surface area contributed by atoms with Gasteiger partial charge < -0.3 is 16.2 Å². The van der Waals surface area contributed by atoms with Crippen molar-refractivity contribution in [3.05, 3.63) is 22.3 Å². The average molecular weight is 407 g/mol. The number of carboxylic acid groups (broad SMARTS) is 1. The molecule has 0 bridgehead atoms. The first-order chi connectivity index (χ1) is 12.6. The van der Waals surface area contributed by atoms with Crippen molar-refractivity contribution in [3.63, 3.8) is 0 Å². The largest absolute Gasteiger partial charge is 0.490 e. The second-order valence-corrected chi connectivity index (χ2v) is 6.66. The van der Waals surface area contributed by atoms with Gasteiger partial charge in [0.2, 0.25) is 0 Å². The van der Waals surface area contributed by atoms with Gasteiger partial charge in [0, 0.05) is 12.6 Å². The van der Waals surface area contributed by atoms with Crippen LogP contribution in [0.25, 0.3) is 0 Å². The molecule has 0 saturated heterocycles. The first-order valence-corrected chi connectivity index (χ1v) is 8.81. The van der Waals surface area contributed by atoms with Crippen LogP contribution in [0.5, 0.6) is 0 Å². The maximum atomic E-state index is 10.6. The predicted molar refractivity (Wildman–Crippen MR) is 95.4 cm³/mol. The van der Waals surface area contributed by atoms with E-state index in [2.05, 4.69) is 16.4 Å². The molecule has 0 radical (unpaired) electrons. The number of aryl methyl sites for hydroxylation is 1. The van der Waals surface area contributed by atoms with Gasteiger partial charge in [-0.1, -0.05) is 30.9 Å². The van der Waals surface area contributed by atoms with Crippen molar-refractivity contribution in [2.45, 2.75) is 51.2 Å². The van der Waals surface area contributed by atoms with Crippen LogP contribution in [0.2, 0.25) is 5.02 Å². The molecule has 2 rings (SSSR count). The first kappa shape index (κ1) is 23.0. The number of alkyl halides is 3. The molecular weight excluding hydrogens is 385 g/mol. The number of aromatic nitrogens is 1. The van der Waals surface area contributed by atoms with Crippen molar-refractivity contribution in [1.82, 2.24) is 4.98 Å². The lowest BCUT2D eigenvalue weighted by Gasteiger charge is -2.30. The van der Waals surface area contributed by atoms with E-state index in [0.29, 0.717) is 34.6 Å². The quantitative estimate of drug-likeness (QED) is 0.699. The molecule has 1 fully saturated rings. The zero-order valence-corrected chi connectivity index (χ0v) is 15.6. The minimum Gasteiger partial charge on any atom is -0.475 e. The van der Waals surface area contributed by atoms with Crippen molar-refractivity contribution in [3.8, 4) is 6.07 Å². The van der Waals surface area contributed by atoms with Gasteiger partial charge in [-0.3, -0.25) is 0 Å². The highest BCUT2D eigenvalue weighted by molar-refractivity contribution is 6.33. The molecule has 1 aliphatic rings. The molecule has 6 nitrogen and oxygen atoms in total. The molecule has 0 aliphatic heterocycles. The number of carbonyl (C=O) groups is 1. The molecule has 1 aromatic heterocycles. The van der Waals surface area contributed by atoms with E-state index in [-0.39, 0.29) is 6.04 Å². The highest BCUT2D eigenvalue weighted by Crippen LogP contribution is 2.29. The van der Waals surface area contributed by atoms with Gasteiger partial charge in [-0.15, -0.1) is 0 Å². The summed E-state index contributed by atoms with van der Waals surface area (Å²) in [6.07, 6.45) is 1.21. The number of hydrogen-bond donors (Lipinski definition) is 3. The van der Waals surface area contributed by atoms with E-state index in [1.165, 1.54) is 32.1 Å². The van der Waals surface area contributed by atoms with Crippen LogP contribution < -0.4 is 11.1 Å². The minimum absolute atomic E-state index is 0.202. The number of nitrogens with zero attached hydrogens (tertiary/aromatic N) is 2. The van der Waals surface area contributed by atoms with Crippen molar-refractivity contribution >= 4 is 23.4 Å². The Morgan fingerprint density at radius 1 is 1.48 bits per heavy atom. The zero-order chi connectivity index (χ0) is 20.6. The maximum Gasteiger partial charge on any atom is 0.490 e. The van der Waals surface area contributed by atoms with E-state index in [1.54, 1.807) is 6.07 Å². The Morgan fingerprint density at radius 3 is 2.48 bits per heavy atom. The van der Waals surface area contributed by atoms with Crippen LogP contribution in [0.15, 0.2) is 6.07 Å². The van der Waals surface area contributed by atoms with Crippen LogP contribution in [-0.4, -0.2) is 34.8 Å². The summed E-state index contributed by atoms with van der Waals surface area (Å²) < 4.78 is 31.7. The fourth-order valence-electron chi connectivity index (χ4n) is 2.88. The predicted octanol–water partition coefficient (Wildman–Crippen LogP) is 3.87. The van der Waals surface area contributed by atoms with Crippen molar-refractivity contribution in [2.75, 3.05) is 11.9 Å². The number of nitriles is 1. The van der Waals surface area contributed by atoms with Crippen molar-refractivity contribution in [2.24, 2.45) is 11.7 Å². The summed E-state index contributed by atoms with van der Waals surface area (Å²) in [6, 6.07) is 3.96. The fourth-order valence-corrected chi connectivity index (χ4v) is 3.08. The van der Waals surface area contributed by atoms with Gasteiger partial charge >= 0.3 is 12.1 Å². The molecule has 0 aromatic carbocycles. The molecule has 1 unspecified atom stereocenters. The second-order valence-electron chi connectivity index (χ2n) is 6.25. The number of halogens is 4. The molecule has 27 heavy (non-hydrogen) atoms. The normalized spacial score (nSPS) is 15.9. The van der Waals surface area contributed by atoms with Crippen molar-refractivity contribution < 1.29 is 23.1 Å². The molecule has 0 amide bonds. The molecule has 1 aliphatic carbocycles. The lowest BCUT2D eigenvalue weighted by atomic mass is 9.84. The van der Waals surface area contributed by atoms with E-state index in [1.807, 2.05) is 6.92 Å². The summed E-state index contributed by atoms with van der Waals surface area (Å²) in [5, 5.41) is 20.0. The Balaban J connectivity index is 0.000000445. The van der Waals surface area contributed by atoms with Gasteiger partial charge in [0.05, 0.1) is 16.3 Å². The Morgan fingerprint density at radius 2 is 2.04 bits per heavy atom. The van der Waals surface area contributed by atoms with E-state index < -0.39 is 12.1 Å². The van der Waals surface area contributed by atoms with E-state index >= 15 is 0 Å². The summed E-state index contributed by atoms with van der Waals surface area (Å²) in [5.41, 5.74) is 7.12. The number of aliphatic carboxylic acids is 1. The smallest absolute Gasteiger partial charge is 0.475 e. The molecule has 1 heterocycles. The molecule has 10 heteroatoms. The standard InChI is InChI=1S/C15H21ClN4.C2HF3O2/c1-10-12(8-17)7-13(16)15(19-10)20-14(9-18)11-5-3-2-4-6-11;3-2(4,5)1(6)7/h7,11,14H,2-6,9,18H2,1H3,(H,19,20);(H,6,7). The number of hydrogen-bond acceptors (Lipinski definition) is 5. The summed E-state index contributed by atoms with van der Waals surface area (Å²) in [5.74, 6) is -1.53. The Bertz CT molecular complexity index is 686. The van der Waals surface area contributed by atoms with Crippen molar-refractivity contribution in [1.29, 1.82) is 5.26 Å². The highest BCUT2D eigenvalue weighted by Gasteiger charge is 2.38. The van der Waals surface area contributed by atoms with Gasteiger partial charge in [-0.05, 0) is 31.7 Å². The third-order valence-corrected chi connectivity index (χ3v) is 4.61. The fraction of sp³-hybridized carbons (Fsp3) is 0.588. The molecule has 0 spiro atoms. The third-order valence-electron chi connectivity index (χ3n) is 4.32. The lowest BCUT2D eigenvalue weighted by Crippen LogP contribution is -2.37. The molecule has 4 N–H and O–H groups in total. The molecule has 1 aromatic rings. The maximum absolute atomic E-state index is 10.6. The summed E-state index contributed by atoms with van der Waals surface area (Å²) in [7, 11) is 0. The second kappa shape index (κ2) is 10.3. The van der Waals surface area contributed by atoms with Crippen LogP contribution in [0.1, 0.15) is 43.4 Å². The monoisotopic (exact) mass is 406 g/mol. The SMILES string of the molecule is Cc1nc(NC(CN)C2CCCCC2)c(Cl)cc1C#N.O=C(O)C(F)(F)F. The van der Waals surface area contributed by atoms with E-state index in [0.717, 1.165) is 0 Å². The first-order valence-electron chi connectivity index (χ1n) is 8.44. The Labute approximate surface area is 160 Å². The van der Waals surface area contributed by atoms with Crippen LogP contribution >= 0.6 is 11.6 Å². The number of nitrogens with one attached hydrogen (secondary N) is 1. The minimum atomic E-state index is -5.08. The van der Waals surface area contributed by atoms with Crippen LogP contribution in [-0.2, 0) is 4.79 Å². The number of rotatable bonds is 4. The topological polar surface area (TPSA) is 112 Å². The number of carboxylic acids is 1. The molecule has 150 valence electrons. The van der Waals surface area contributed by atoms with E-state index in [4.69, 9.17) is 32.5 Å². The highest BCUT2D eigenvalue weighted by atomic mass is 35.5. The Hall–Kier alpha value is -2.05. The van der Waals surface area contributed by atoms with Gasteiger partial charge in [0.15, 0.2) is 0 Å². The van der Waals surface area contributed by atoms with Gasteiger partial charge in [-0.25, -0.2) is 9.78 Å².